The lowest BCUT2D eigenvalue weighted by atomic mass is 9.97. The molecule has 0 aromatic carbocycles. The number of amides is 1. The van der Waals surface area contributed by atoms with E-state index in [1.807, 2.05) is 0 Å². The maximum absolute atomic E-state index is 13.2. The van der Waals surface area contributed by atoms with Gasteiger partial charge in [-0.25, -0.2) is 0 Å². The molecule has 1 aromatic rings. The van der Waals surface area contributed by atoms with Gasteiger partial charge in [-0.3, -0.25) is 4.79 Å². The van der Waals surface area contributed by atoms with E-state index in [-0.39, 0.29) is 5.92 Å². The largest absolute Gasteiger partial charge is 0.370 e. The molecule has 1 N–H and O–H groups in total. The standard InChI is InChI=1S/C21H37N3O2/c1-4-6-9-19(5-2)21(25)24(18-20-10-7-11-22(20)3)13-8-12-23-14-16-26-17-15-23/h7,10-11,19H,4-6,8-9,12-18H2,1-3H3/p+1/t19-/m1/s1. The summed E-state index contributed by atoms with van der Waals surface area (Å²) in [5, 5.41) is 0. The quantitative estimate of drug-likeness (QED) is 0.651. The van der Waals surface area contributed by atoms with Crippen molar-refractivity contribution >= 4 is 5.91 Å². The summed E-state index contributed by atoms with van der Waals surface area (Å²) in [6.07, 6.45) is 7.38. The predicted octanol–water partition coefficient (Wildman–Crippen LogP) is 1.88. The third kappa shape index (κ3) is 6.44. The zero-order chi connectivity index (χ0) is 18.8. The molecule has 0 spiro atoms. The SMILES string of the molecule is CCCC[C@@H](CC)C(=O)N(CCC[NH+]1CCOCC1)Cc1cccn1C. The zero-order valence-electron chi connectivity index (χ0n) is 17.0. The first kappa shape index (κ1) is 21.0. The molecule has 0 unspecified atom stereocenters. The Hall–Kier alpha value is -1.33. The number of quaternary nitrogens is 1. The van der Waals surface area contributed by atoms with E-state index in [9.17, 15) is 4.79 Å². The third-order valence-electron chi connectivity index (χ3n) is 5.62. The van der Waals surface area contributed by atoms with Gasteiger partial charge >= 0.3 is 0 Å². The van der Waals surface area contributed by atoms with Crippen LogP contribution in [0.2, 0.25) is 0 Å². The first-order chi connectivity index (χ1) is 12.7. The van der Waals surface area contributed by atoms with Crippen molar-refractivity contribution in [2.75, 3.05) is 39.4 Å². The normalized spacial score (nSPS) is 16.6. The molecule has 5 heteroatoms. The van der Waals surface area contributed by atoms with Gasteiger partial charge in [0.2, 0.25) is 5.91 Å². The topological polar surface area (TPSA) is 38.9 Å². The first-order valence-electron chi connectivity index (χ1n) is 10.5. The lowest BCUT2D eigenvalue weighted by molar-refractivity contribution is -0.908. The van der Waals surface area contributed by atoms with Gasteiger partial charge in [-0.2, -0.15) is 0 Å². The molecule has 1 atom stereocenters. The van der Waals surface area contributed by atoms with Crippen molar-refractivity contribution in [2.45, 2.75) is 52.5 Å². The summed E-state index contributed by atoms with van der Waals surface area (Å²) in [5.41, 5.74) is 1.21. The fourth-order valence-corrected chi connectivity index (χ4v) is 3.76. The van der Waals surface area contributed by atoms with Crippen LogP contribution >= 0.6 is 0 Å². The van der Waals surface area contributed by atoms with E-state index >= 15 is 0 Å². The smallest absolute Gasteiger partial charge is 0.226 e. The van der Waals surface area contributed by atoms with Gasteiger partial charge in [0.05, 0.1) is 26.3 Å². The first-order valence-corrected chi connectivity index (χ1v) is 10.5. The van der Waals surface area contributed by atoms with Gasteiger partial charge < -0.3 is 19.1 Å². The van der Waals surface area contributed by atoms with Crippen molar-refractivity contribution in [1.29, 1.82) is 0 Å². The summed E-state index contributed by atoms with van der Waals surface area (Å²) in [5.74, 6) is 0.519. The van der Waals surface area contributed by atoms with Crippen LogP contribution in [-0.2, 0) is 23.1 Å². The van der Waals surface area contributed by atoms with Gasteiger partial charge in [0.1, 0.15) is 13.1 Å². The monoisotopic (exact) mass is 364 g/mol. The molecule has 0 saturated carbocycles. The van der Waals surface area contributed by atoms with E-state index < -0.39 is 0 Å². The number of unbranched alkanes of at least 4 members (excludes halogenated alkanes) is 1. The lowest BCUT2D eigenvalue weighted by Gasteiger charge is -2.29. The number of aryl methyl sites for hydroxylation is 1. The highest BCUT2D eigenvalue weighted by atomic mass is 16.5. The second kappa shape index (κ2) is 11.4. The summed E-state index contributed by atoms with van der Waals surface area (Å²) in [7, 11) is 2.06. The number of nitrogens with zero attached hydrogens (tertiary/aromatic N) is 2. The Labute approximate surface area is 159 Å². The molecule has 1 amide bonds. The highest BCUT2D eigenvalue weighted by Crippen LogP contribution is 2.18. The molecule has 1 aliphatic rings. The summed E-state index contributed by atoms with van der Waals surface area (Å²) in [6, 6.07) is 4.19. The zero-order valence-corrected chi connectivity index (χ0v) is 17.0. The van der Waals surface area contributed by atoms with Crippen molar-refractivity contribution in [2.24, 2.45) is 13.0 Å². The molecule has 148 valence electrons. The van der Waals surface area contributed by atoms with Gasteiger partial charge in [0.15, 0.2) is 0 Å². The molecular formula is C21H38N3O2+. The molecule has 0 radical (unpaired) electrons. The van der Waals surface area contributed by atoms with Crippen LogP contribution in [0, 0.1) is 5.92 Å². The van der Waals surface area contributed by atoms with Crippen LogP contribution < -0.4 is 4.90 Å². The van der Waals surface area contributed by atoms with Gasteiger partial charge in [-0.05, 0) is 25.0 Å². The molecule has 0 aliphatic carbocycles. The lowest BCUT2D eigenvalue weighted by Crippen LogP contribution is -3.14. The highest BCUT2D eigenvalue weighted by molar-refractivity contribution is 5.78. The number of nitrogens with one attached hydrogen (secondary N) is 1. The van der Waals surface area contributed by atoms with Crippen LogP contribution in [0.5, 0.6) is 0 Å². The minimum atomic E-state index is 0.172. The Morgan fingerprint density at radius 3 is 2.69 bits per heavy atom. The minimum absolute atomic E-state index is 0.172. The molecule has 2 heterocycles. The fraction of sp³-hybridized carbons (Fsp3) is 0.762. The van der Waals surface area contributed by atoms with Crippen LogP contribution in [0.25, 0.3) is 0 Å². The van der Waals surface area contributed by atoms with E-state index in [4.69, 9.17) is 4.74 Å². The van der Waals surface area contributed by atoms with Crippen molar-refractivity contribution in [3.63, 3.8) is 0 Å². The molecule has 1 aromatic heterocycles. The summed E-state index contributed by atoms with van der Waals surface area (Å²) in [6.45, 7) is 11.0. The Morgan fingerprint density at radius 1 is 1.31 bits per heavy atom. The third-order valence-corrected chi connectivity index (χ3v) is 5.62. The van der Waals surface area contributed by atoms with Crippen LogP contribution in [-0.4, -0.2) is 54.8 Å². The van der Waals surface area contributed by atoms with Crippen molar-refractivity contribution < 1.29 is 14.4 Å². The number of carbonyl (C=O) groups excluding carboxylic acids is 1. The second-order valence-electron chi connectivity index (χ2n) is 7.58. The Kier molecular flexibility index (Phi) is 9.19. The van der Waals surface area contributed by atoms with Gasteiger partial charge in [-0.15, -0.1) is 0 Å². The molecule has 2 rings (SSSR count). The van der Waals surface area contributed by atoms with Crippen LogP contribution in [0.3, 0.4) is 0 Å². The van der Waals surface area contributed by atoms with Crippen molar-refractivity contribution in [1.82, 2.24) is 9.47 Å². The van der Waals surface area contributed by atoms with E-state index in [0.29, 0.717) is 5.91 Å². The number of hydrogen-bond acceptors (Lipinski definition) is 2. The van der Waals surface area contributed by atoms with Gasteiger partial charge in [-0.1, -0.05) is 26.7 Å². The summed E-state index contributed by atoms with van der Waals surface area (Å²) >= 11 is 0. The van der Waals surface area contributed by atoms with E-state index in [2.05, 4.69) is 48.7 Å². The van der Waals surface area contributed by atoms with E-state index in [1.165, 1.54) is 5.69 Å². The highest BCUT2D eigenvalue weighted by Gasteiger charge is 2.24. The van der Waals surface area contributed by atoms with Crippen LogP contribution in [0.15, 0.2) is 18.3 Å². The predicted molar refractivity (Wildman–Crippen MR) is 105 cm³/mol. The average molecular weight is 365 g/mol. The van der Waals surface area contributed by atoms with E-state index in [1.54, 1.807) is 4.90 Å². The maximum Gasteiger partial charge on any atom is 0.226 e. The summed E-state index contributed by atoms with van der Waals surface area (Å²) < 4.78 is 7.57. The number of rotatable bonds is 11. The Balaban J connectivity index is 1.95. The van der Waals surface area contributed by atoms with Crippen LogP contribution in [0.1, 0.15) is 51.6 Å². The minimum Gasteiger partial charge on any atom is -0.370 e. The van der Waals surface area contributed by atoms with Gasteiger partial charge in [0, 0.05) is 37.8 Å². The Bertz CT molecular complexity index is 523. The average Bonchev–Trinajstić information content (AvgIpc) is 3.07. The molecule has 1 saturated heterocycles. The number of ether oxygens (including phenoxy) is 1. The van der Waals surface area contributed by atoms with Crippen molar-refractivity contribution in [3.05, 3.63) is 24.0 Å². The van der Waals surface area contributed by atoms with Crippen LogP contribution in [0.4, 0.5) is 0 Å². The Morgan fingerprint density at radius 2 is 2.08 bits per heavy atom. The van der Waals surface area contributed by atoms with Gasteiger partial charge in [0.25, 0.3) is 0 Å². The molecular weight excluding hydrogens is 326 g/mol. The van der Waals surface area contributed by atoms with E-state index in [0.717, 1.165) is 78.0 Å². The number of aromatic nitrogens is 1. The molecule has 5 nitrogen and oxygen atoms in total. The molecule has 0 bridgehead atoms. The molecule has 26 heavy (non-hydrogen) atoms. The second-order valence-corrected chi connectivity index (χ2v) is 7.58. The maximum atomic E-state index is 13.2. The summed E-state index contributed by atoms with van der Waals surface area (Å²) in [4.78, 5) is 16.9. The number of carbonyl (C=O) groups is 1. The fourth-order valence-electron chi connectivity index (χ4n) is 3.76. The number of hydrogen-bond donors (Lipinski definition) is 1. The molecule has 1 fully saturated rings. The molecule has 1 aliphatic heterocycles. The van der Waals surface area contributed by atoms with Crippen molar-refractivity contribution in [3.8, 4) is 0 Å². The number of morpholine rings is 1.